The van der Waals surface area contributed by atoms with Crippen LogP contribution in [0.5, 0.6) is 0 Å². The molecule has 0 bridgehead atoms. The van der Waals surface area contributed by atoms with Gasteiger partial charge in [0.2, 0.25) is 0 Å². The smallest absolute Gasteiger partial charge is 0.413 e. The number of ether oxygens (including phenoxy) is 2. The molecule has 5 nitrogen and oxygen atoms in total. The predicted molar refractivity (Wildman–Crippen MR) is 129 cm³/mol. The molecular weight excluding hydrogens is 419 g/mol. The summed E-state index contributed by atoms with van der Waals surface area (Å²) in [4.78, 5) is 18.8. The lowest BCUT2D eigenvalue weighted by Crippen LogP contribution is -2.50. The number of alkyl halides is 1. The third-order valence-electron chi connectivity index (χ3n) is 5.80. The maximum Gasteiger partial charge on any atom is 0.413 e. The number of hydrogen-bond acceptors (Lipinski definition) is 4. The molecule has 1 fully saturated rings. The maximum atomic E-state index is 14.2. The summed E-state index contributed by atoms with van der Waals surface area (Å²) in [5.41, 5.74) is 2.31. The zero-order valence-electron chi connectivity index (χ0n) is 20.9. The largest absolute Gasteiger partial charge is 0.444 e. The van der Waals surface area contributed by atoms with Gasteiger partial charge < -0.3 is 9.47 Å². The zero-order valence-corrected chi connectivity index (χ0v) is 20.9. The van der Waals surface area contributed by atoms with Gasteiger partial charge >= 0.3 is 6.09 Å². The van der Waals surface area contributed by atoms with Gasteiger partial charge in [-0.15, -0.1) is 0 Å². The molecule has 0 N–H and O–H groups in total. The Morgan fingerprint density at radius 2 is 1.79 bits per heavy atom. The molecule has 2 heterocycles. The van der Waals surface area contributed by atoms with Gasteiger partial charge in [0, 0.05) is 17.5 Å². The first-order valence-corrected chi connectivity index (χ1v) is 11.7. The Labute approximate surface area is 197 Å². The van der Waals surface area contributed by atoms with Crippen molar-refractivity contribution in [3.63, 3.8) is 0 Å². The predicted octanol–water partition coefficient (Wildman–Crippen LogP) is 6.72. The van der Waals surface area contributed by atoms with Crippen LogP contribution in [0.25, 0.3) is 11.1 Å². The molecule has 1 aromatic heterocycles. The van der Waals surface area contributed by atoms with Gasteiger partial charge in [-0.05, 0) is 70.6 Å². The number of carbonyl (C=O) groups excluding carboxylic acids is 1. The summed E-state index contributed by atoms with van der Waals surface area (Å²) in [6.45, 7) is 12.6. The molecule has 2 atom stereocenters. The molecule has 1 aromatic carbocycles. The summed E-state index contributed by atoms with van der Waals surface area (Å²) in [5, 5.41) is 0. The number of carbonyl (C=O) groups is 1. The van der Waals surface area contributed by atoms with Gasteiger partial charge in [-0.25, -0.2) is 9.18 Å². The van der Waals surface area contributed by atoms with Crippen LogP contribution in [0.4, 0.5) is 9.18 Å². The molecule has 0 saturated carbocycles. The molecule has 1 amide bonds. The Bertz CT molecular complexity index is 933. The van der Waals surface area contributed by atoms with Gasteiger partial charge in [0.15, 0.2) is 0 Å². The highest BCUT2D eigenvalue weighted by Gasteiger charge is 2.51. The molecule has 1 saturated heterocycles. The molecule has 3 rings (SSSR count). The number of aromatic nitrogens is 1. The molecule has 6 heteroatoms. The average molecular weight is 457 g/mol. The normalized spacial score (nSPS) is 20.3. The van der Waals surface area contributed by atoms with Crippen LogP contribution in [0, 0.1) is 5.92 Å². The summed E-state index contributed by atoms with van der Waals surface area (Å²) < 4.78 is 25.9. The third-order valence-corrected chi connectivity index (χ3v) is 5.80. The third kappa shape index (κ3) is 6.11. The van der Waals surface area contributed by atoms with Crippen LogP contribution >= 0.6 is 0 Å². The molecule has 0 spiro atoms. The summed E-state index contributed by atoms with van der Waals surface area (Å²) in [5.74, 6) is 0.654. The number of rotatable bonds is 6. The fraction of sp³-hybridized carbons (Fsp3) is 0.556. The Kier molecular flexibility index (Phi) is 7.47. The van der Waals surface area contributed by atoms with Crippen molar-refractivity contribution in [1.29, 1.82) is 0 Å². The van der Waals surface area contributed by atoms with Gasteiger partial charge in [0.1, 0.15) is 24.1 Å². The highest BCUT2D eigenvalue weighted by atomic mass is 19.1. The lowest BCUT2D eigenvalue weighted by atomic mass is 9.99. The molecule has 1 aliphatic heterocycles. The number of hydrogen-bond donors (Lipinski definition) is 0. The van der Waals surface area contributed by atoms with Crippen molar-refractivity contribution in [3.8, 4) is 11.1 Å². The zero-order chi connectivity index (χ0) is 24.4. The topological polar surface area (TPSA) is 51.7 Å². The fourth-order valence-corrected chi connectivity index (χ4v) is 4.13. The molecule has 0 aliphatic carbocycles. The Morgan fingerprint density at radius 3 is 2.30 bits per heavy atom. The second-order valence-corrected chi connectivity index (χ2v) is 10.6. The number of halogens is 1. The first kappa shape index (κ1) is 25.2. The number of aryl methyl sites for hydroxylation is 1. The second kappa shape index (κ2) is 9.80. The van der Waals surface area contributed by atoms with Crippen LogP contribution in [0.1, 0.15) is 72.2 Å². The number of nitrogens with zero attached hydrogens (tertiary/aromatic N) is 2. The first-order valence-electron chi connectivity index (χ1n) is 11.7. The van der Waals surface area contributed by atoms with Crippen molar-refractivity contribution in [1.82, 2.24) is 9.88 Å². The van der Waals surface area contributed by atoms with E-state index in [9.17, 15) is 9.18 Å². The van der Waals surface area contributed by atoms with Crippen molar-refractivity contribution < 1.29 is 18.7 Å². The van der Waals surface area contributed by atoms with E-state index in [1.807, 2.05) is 30.5 Å². The molecule has 0 unspecified atom stereocenters. The molecule has 0 radical (unpaired) electrons. The van der Waals surface area contributed by atoms with Crippen LogP contribution in [0.2, 0.25) is 0 Å². The van der Waals surface area contributed by atoms with E-state index in [2.05, 4.69) is 31.0 Å². The summed E-state index contributed by atoms with van der Waals surface area (Å²) in [6.07, 6.45) is 2.84. The average Bonchev–Trinajstić information content (AvgIpc) is 3.02. The summed E-state index contributed by atoms with van der Waals surface area (Å²) in [6, 6.07) is 11.2. The quantitative estimate of drug-likeness (QED) is 0.484. The van der Waals surface area contributed by atoms with Crippen LogP contribution in [-0.2, 0) is 15.9 Å². The van der Waals surface area contributed by atoms with E-state index in [1.165, 1.54) is 4.90 Å². The standard InChI is InChI=1S/C27H37FN2O3/c1-18(2)8-14-22-15-13-21(17-29-22)19-9-11-20(12-10-19)24-23(16-28)30(27(6,7)32-24)25(31)33-26(3,4)5/h9-13,15,17-18,23-24H,8,14,16H2,1-7H3/t23-,24-/m1/s1. The van der Waals surface area contributed by atoms with Crippen LogP contribution < -0.4 is 0 Å². The lowest BCUT2D eigenvalue weighted by molar-refractivity contribution is -0.0797. The Balaban J connectivity index is 1.77. The lowest BCUT2D eigenvalue weighted by Gasteiger charge is -2.34. The van der Waals surface area contributed by atoms with Crippen molar-refractivity contribution in [2.24, 2.45) is 5.92 Å². The monoisotopic (exact) mass is 456 g/mol. The highest BCUT2D eigenvalue weighted by molar-refractivity contribution is 5.70. The van der Waals surface area contributed by atoms with Crippen LogP contribution in [-0.4, -0.2) is 40.0 Å². The maximum absolute atomic E-state index is 14.2. The molecule has 33 heavy (non-hydrogen) atoms. The van der Waals surface area contributed by atoms with E-state index in [-0.39, 0.29) is 0 Å². The highest BCUT2D eigenvalue weighted by Crippen LogP contribution is 2.42. The molecule has 180 valence electrons. The van der Waals surface area contributed by atoms with Crippen molar-refractivity contribution in [2.45, 2.75) is 84.8 Å². The Hall–Kier alpha value is -2.47. The minimum atomic E-state index is -0.988. The minimum absolute atomic E-state index is 0.571. The van der Waals surface area contributed by atoms with Crippen molar-refractivity contribution in [3.05, 3.63) is 53.9 Å². The van der Waals surface area contributed by atoms with Gasteiger partial charge in [0.05, 0.1) is 6.04 Å². The molecular formula is C27H37FN2O3. The van der Waals surface area contributed by atoms with Gasteiger partial charge in [-0.2, -0.15) is 0 Å². The van der Waals surface area contributed by atoms with E-state index in [1.54, 1.807) is 34.6 Å². The van der Waals surface area contributed by atoms with E-state index < -0.39 is 36.2 Å². The van der Waals surface area contributed by atoms with E-state index in [0.717, 1.165) is 35.2 Å². The van der Waals surface area contributed by atoms with Crippen molar-refractivity contribution >= 4 is 6.09 Å². The fourth-order valence-electron chi connectivity index (χ4n) is 4.13. The van der Waals surface area contributed by atoms with Gasteiger partial charge in [0.25, 0.3) is 0 Å². The van der Waals surface area contributed by atoms with Gasteiger partial charge in [-0.3, -0.25) is 9.88 Å². The minimum Gasteiger partial charge on any atom is -0.444 e. The van der Waals surface area contributed by atoms with Crippen LogP contribution in [0.3, 0.4) is 0 Å². The Morgan fingerprint density at radius 1 is 1.15 bits per heavy atom. The summed E-state index contributed by atoms with van der Waals surface area (Å²) in [7, 11) is 0. The molecule has 1 aliphatic rings. The number of benzene rings is 1. The summed E-state index contributed by atoms with van der Waals surface area (Å²) >= 11 is 0. The van der Waals surface area contributed by atoms with E-state index in [0.29, 0.717) is 5.92 Å². The SMILES string of the molecule is CC(C)CCc1ccc(-c2ccc([C@H]3OC(C)(C)N(C(=O)OC(C)(C)C)[C@@H]3CF)cc2)cn1. The second-order valence-electron chi connectivity index (χ2n) is 10.6. The van der Waals surface area contributed by atoms with Crippen molar-refractivity contribution in [2.75, 3.05) is 6.67 Å². The van der Waals surface area contributed by atoms with Crippen LogP contribution in [0.15, 0.2) is 42.6 Å². The number of pyridine rings is 1. The van der Waals surface area contributed by atoms with E-state index >= 15 is 0 Å². The van der Waals surface area contributed by atoms with Gasteiger partial charge in [-0.1, -0.05) is 44.2 Å². The number of amides is 1. The first-order chi connectivity index (χ1) is 15.4. The van der Waals surface area contributed by atoms with E-state index in [4.69, 9.17) is 9.47 Å². The molecule has 2 aromatic rings.